The highest BCUT2D eigenvalue weighted by atomic mass is 16.2. The second-order valence-electron chi connectivity index (χ2n) is 4.04. The van der Waals surface area contributed by atoms with E-state index in [1.165, 1.54) is 5.56 Å². The maximum Gasteiger partial charge on any atom is 0.227 e. The van der Waals surface area contributed by atoms with E-state index in [0.717, 1.165) is 12.2 Å². The molecule has 0 aliphatic carbocycles. The standard InChI is InChI=1S/C13H15NO/c1-3-11-8-13(15)14(9-11)12-6-4-10(2)5-7-12/h3-7,11H,1,8-9H2,2H3. The van der Waals surface area contributed by atoms with E-state index >= 15 is 0 Å². The van der Waals surface area contributed by atoms with Crippen LogP contribution < -0.4 is 4.90 Å². The maximum atomic E-state index is 11.7. The van der Waals surface area contributed by atoms with Crippen LogP contribution in [0.4, 0.5) is 5.69 Å². The first kappa shape index (κ1) is 9.97. The Morgan fingerprint density at radius 2 is 2.07 bits per heavy atom. The number of carbonyl (C=O) groups excluding carboxylic acids is 1. The zero-order valence-corrected chi connectivity index (χ0v) is 8.94. The summed E-state index contributed by atoms with van der Waals surface area (Å²) in [4.78, 5) is 13.5. The summed E-state index contributed by atoms with van der Waals surface area (Å²) in [5, 5.41) is 0. The van der Waals surface area contributed by atoms with E-state index in [9.17, 15) is 4.79 Å². The van der Waals surface area contributed by atoms with Crippen molar-refractivity contribution < 1.29 is 4.79 Å². The van der Waals surface area contributed by atoms with Crippen LogP contribution in [0.3, 0.4) is 0 Å². The highest BCUT2D eigenvalue weighted by Gasteiger charge is 2.28. The van der Waals surface area contributed by atoms with Crippen molar-refractivity contribution >= 4 is 11.6 Å². The van der Waals surface area contributed by atoms with Crippen LogP contribution in [0.25, 0.3) is 0 Å². The molecule has 1 heterocycles. The van der Waals surface area contributed by atoms with Crippen molar-refractivity contribution in [2.45, 2.75) is 13.3 Å². The van der Waals surface area contributed by atoms with Crippen LogP contribution >= 0.6 is 0 Å². The highest BCUT2D eigenvalue weighted by molar-refractivity contribution is 5.95. The number of aryl methyl sites for hydroxylation is 1. The van der Waals surface area contributed by atoms with Gasteiger partial charge in [-0.1, -0.05) is 23.8 Å². The highest BCUT2D eigenvalue weighted by Crippen LogP contribution is 2.25. The summed E-state index contributed by atoms with van der Waals surface area (Å²) in [6.07, 6.45) is 2.46. The lowest BCUT2D eigenvalue weighted by molar-refractivity contribution is -0.117. The van der Waals surface area contributed by atoms with E-state index in [-0.39, 0.29) is 5.91 Å². The predicted octanol–water partition coefficient (Wildman–Crippen LogP) is 2.53. The van der Waals surface area contributed by atoms with Gasteiger partial charge in [0.05, 0.1) is 0 Å². The van der Waals surface area contributed by atoms with Gasteiger partial charge in [-0.2, -0.15) is 0 Å². The van der Waals surface area contributed by atoms with Gasteiger partial charge in [-0.3, -0.25) is 4.79 Å². The average Bonchev–Trinajstić information content (AvgIpc) is 2.61. The Labute approximate surface area is 90.2 Å². The van der Waals surface area contributed by atoms with Crippen LogP contribution in [0.5, 0.6) is 0 Å². The SMILES string of the molecule is C=CC1CC(=O)N(c2ccc(C)cc2)C1. The van der Waals surface area contributed by atoms with Gasteiger partial charge < -0.3 is 4.90 Å². The number of hydrogen-bond acceptors (Lipinski definition) is 1. The van der Waals surface area contributed by atoms with Crippen molar-refractivity contribution in [2.24, 2.45) is 5.92 Å². The molecule has 2 nitrogen and oxygen atoms in total. The van der Waals surface area contributed by atoms with Gasteiger partial charge >= 0.3 is 0 Å². The second kappa shape index (κ2) is 3.89. The van der Waals surface area contributed by atoms with Gasteiger partial charge in [0.2, 0.25) is 5.91 Å². The van der Waals surface area contributed by atoms with Gasteiger partial charge in [0.1, 0.15) is 0 Å². The number of anilines is 1. The summed E-state index contributed by atoms with van der Waals surface area (Å²) >= 11 is 0. The first-order valence-electron chi connectivity index (χ1n) is 5.20. The molecule has 1 aromatic carbocycles. The molecular weight excluding hydrogens is 186 g/mol. The van der Waals surface area contributed by atoms with Gasteiger partial charge in [-0.15, -0.1) is 6.58 Å². The minimum Gasteiger partial charge on any atom is -0.312 e. The number of benzene rings is 1. The van der Waals surface area contributed by atoms with Crippen molar-refractivity contribution in [3.63, 3.8) is 0 Å². The van der Waals surface area contributed by atoms with Crippen LogP contribution in [0.15, 0.2) is 36.9 Å². The van der Waals surface area contributed by atoms with Crippen molar-refractivity contribution in [3.05, 3.63) is 42.5 Å². The lowest BCUT2D eigenvalue weighted by Crippen LogP contribution is -2.24. The number of amides is 1. The molecule has 0 saturated carbocycles. The van der Waals surface area contributed by atoms with Gasteiger partial charge in [0.25, 0.3) is 0 Å². The monoisotopic (exact) mass is 201 g/mol. The summed E-state index contributed by atoms with van der Waals surface area (Å²) in [7, 11) is 0. The van der Waals surface area contributed by atoms with Gasteiger partial charge in [0.15, 0.2) is 0 Å². The van der Waals surface area contributed by atoms with Gasteiger partial charge in [-0.05, 0) is 19.1 Å². The Bertz CT molecular complexity index is 380. The molecule has 0 aromatic heterocycles. The lowest BCUT2D eigenvalue weighted by atomic mass is 10.1. The minimum absolute atomic E-state index is 0.198. The molecule has 1 amide bonds. The predicted molar refractivity (Wildman–Crippen MR) is 61.8 cm³/mol. The van der Waals surface area contributed by atoms with Crippen molar-refractivity contribution in [1.82, 2.24) is 0 Å². The first-order valence-corrected chi connectivity index (χ1v) is 5.20. The average molecular weight is 201 g/mol. The molecule has 1 aliphatic heterocycles. The molecule has 1 aliphatic rings. The third kappa shape index (κ3) is 1.94. The Morgan fingerprint density at radius 1 is 1.40 bits per heavy atom. The van der Waals surface area contributed by atoms with Gasteiger partial charge in [0, 0.05) is 24.6 Å². The molecule has 0 spiro atoms. The zero-order chi connectivity index (χ0) is 10.8. The second-order valence-corrected chi connectivity index (χ2v) is 4.04. The van der Waals surface area contributed by atoms with E-state index in [1.54, 1.807) is 0 Å². The Hall–Kier alpha value is -1.57. The third-order valence-electron chi connectivity index (χ3n) is 2.83. The summed E-state index contributed by atoms with van der Waals surface area (Å²) in [6.45, 7) is 6.55. The molecule has 1 atom stereocenters. The molecule has 1 saturated heterocycles. The number of rotatable bonds is 2. The molecule has 0 radical (unpaired) electrons. The number of carbonyl (C=O) groups is 1. The normalized spacial score (nSPS) is 20.7. The Kier molecular flexibility index (Phi) is 2.58. The van der Waals surface area contributed by atoms with Crippen LogP contribution in [0.2, 0.25) is 0 Å². The molecule has 0 N–H and O–H groups in total. The van der Waals surface area contributed by atoms with Crippen molar-refractivity contribution in [2.75, 3.05) is 11.4 Å². The topological polar surface area (TPSA) is 20.3 Å². The first-order chi connectivity index (χ1) is 7.20. The molecule has 2 rings (SSSR count). The molecule has 78 valence electrons. The summed E-state index contributed by atoms with van der Waals surface area (Å²) < 4.78 is 0. The van der Waals surface area contributed by atoms with Crippen LogP contribution in [-0.2, 0) is 4.79 Å². The fourth-order valence-corrected chi connectivity index (χ4v) is 1.87. The molecule has 1 fully saturated rings. The quantitative estimate of drug-likeness (QED) is 0.673. The van der Waals surface area contributed by atoms with E-state index in [4.69, 9.17) is 0 Å². The fourth-order valence-electron chi connectivity index (χ4n) is 1.87. The van der Waals surface area contributed by atoms with E-state index < -0.39 is 0 Å². The van der Waals surface area contributed by atoms with Crippen molar-refractivity contribution in [1.29, 1.82) is 0 Å². The molecule has 15 heavy (non-hydrogen) atoms. The maximum absolute atomic E-state index is 11.7. The summed E-state index contributed by atoms with van der Waals surface area (Å²) in [5.41, 5.74) is 2.21. The van der Waals surface area contributed by atoms with E-state index in [2.05, 4.69) is 6.58 Å². The summed E-state index contributed by atoms with van der Waals surface area (Å²) in [5.74, 6) is 0.502. The smallest absolute Gasteiger partial charge is 0.227 e. The molecule has 1 aromatic rings. The summed E-state index contributed by atoms with van der Waals surface area (Å²) in [6, 6.07) is 8.06. The lowest BCUT2D eigenvalue weighted by Gasteiger charge is -2.16. The zero-order valence-electron chi connectivity index (χ0n) is 8.94. The van der Waals surface area contributed by atoms with E-state index in [1.807, 2.05) is 42.2 Å². The Balaban J connectivity index is 2.21. The molecular formula is C13H15NO. The largest absolute Gasteiger partial charge is 0.312 e. The van der Waals surface area contributed by atoms with Crippen LogP contribution in [-0.4, -0.2) is 12.5 Å². The minimum atomic E-state index is 0.198. The number of nitrogens with zero attached hydrogens (tertiary/aromatic N) is 1. The number of hydrogen-bond donors (Lipinski definition) is 0. The Morgan fingerprint density at radius 3 is 2.60 bits per heavy atom. The van der Waals surface area contributed by atoms with Crippen molar-refractivity contribution in [3.8, 4) is 0 Å². The van der Waals surface area contributed by atoms with Gasteiger partial charge in [-0.25, -0.2) is 0 Å². The van der Waals surface area contributed by atoms with Crippen LogP contribution in [0, 0.1) is 12.8 Å². The fraction of sp³-hybridized carbons (Fsp3) is 0.308. The molecule has 1 unspecified atom stereocenters. The molecule has 2 heteroatoms. The van der Waals surface area contributed by atoms with E-state index in [0.29, 0.717) is 12.3 Å². The molecule has 0 bridgehead atoms. The van der Waals surface area contributed by atoms with Crippen LogP contribution in [0.1, 0.15) is 12.0 Å². The third-order valence-corrected chi connectivity index (χ3v) is 2.83.